The Kier molecular flexibility index (Phi) is 16.2. The minimum absolute atomic E-state index is 0.0744. The van der Waals surface area contributed by atoms with Gasteiger partial charge in [0.2, 0.25) is 0 Å². The zero-order valence-electron chi connectivity index (χ0n) is 33.1. The first-order chi connectivity index (χ1) is 23.1. The maximum absolute atomic E-state index is 12.8. The second kappa shape index (κ2) is 19.5. The van der Waals surface area contributed by atoms with Crippen molar-refractivity contribution in [3.8, 4) is 0 Å². The van der Waals surface area contributed by atoms with Crippen LogP contribution in [0.5, 0.6) is 0 Å². The number of esters is 1. The molecule has 2 unspecified atom stereocenters. The summed E-state index contributed by atoms with van der Waals surface area (Å²) in [5.74, 6) is 7.08. The van der Waals surface area contributed by atoms with Crippen LogP contribution in [0.15, 0.2) is 24.3 Å². The number of hydrogen-bond donors (Lipinski definition) is 0. The third-order valence-corrected chi connectivity index (χ3v) is 15.2. The molecule has 0 N–H and O–H groups in total. The first kappa shape index (κ1) is 39.7. The molecule has 0 aromatic rings. The molecule has 2 nitrogen and oxygen atoms in total. The van der Waals surface area contributed by atoms with E-state index in [0.717, 1.165) is 79.4 Å². The van der Waals surface area contributed by atoms with Gasteiger partial charge in [0.1, 0.15) is 6.10 Å². The zero-order chi connectivity index (χ0) is 34.6. The molecule has 0 aromatic heterocycles. The molecule has 4 rings (SSSR count). The summed E-state index contributed by atoms with van der Waals surface area (Å²) in [5.41, 5.74) is 1.03. The Morgan fingerprint density at radius 2 is 1.40 bits per heavy atom. The van der Waals surface area contributed by atoms with E-state index in [1.54, 1.807) is 0 Å². The second-order valence-corrected chi connectivity index (χ2v) is 18.5. The van der Waals surface area contributed by atoms with Gasteiger partial charge in [0.25, 0.3) is 0 Å². The van der Waals surface area contributed by atoms with Crippen molar-refractivity contribution in [1.29, 1.82) is 0 Å². The molecule has 4 saturated carbocycles. The number of carbonyl (C=O) groups is 1. The van der Waals surface area contributed by atoms with Crippen LogP contribution < -0.4 is 0 Å². The molecule has 0 radical (unpaired) electrons. The van der Waals surface area contributed by atoms with Crippen LogP contribution >= 0.6 is 0 Å². The Labute approximate surface area is 299 Å². The highest BCUT2D eigenvalue weighted by Crippen LogP contribution is 2.68. The van der Waals surface area contributed by atoms with E-state index in [-0.39, 0.29) is 12.1 Å². The second-order valence-electron chi connectivity index (χ2n) is 18.5. The number of unbranched alkanes of at least 4 members (excludes halogenated alkanes) is 8. The monoisotopic (exact) mass is 665 g/mol. The Bertz CT molecular complexity index is 994. The smallest absolute Gasteiger partial charge is 0.306 e. The van der Waals surface area contributed by atoms with Crippen molar-refractivity contribution < 1.29 is 9.53 Å². The van der Waals surface area contributed by atoms with E-state index in [1.165, 1.54) is 109 Å². The number of ether oxygens (including phenoxy) is 1. The summed E-state index contributed by atoms with van der Waals surface area (Å²) in [6.45, 7) is 17.5. The lowest BCUT2D eigenvalue weighted by atomic mass is 9.44. The van der Waals surface area contributed by atoms with Crippen LogP contribution in [-0.4, -0.2) is 12.1 Å². The molecular formula is C46H80O2. The van der Waals surface area contributed by atoms with Gasteiger partial charge in [-0.15, -0.1) is 0 Å². The number of hydrogen-bond acceptors (Lipinski definition) is 2. The fourth-order valence-corrected chi connectivity index (χ4v) is 11.7. The van der Waals surface area contributed by atoms with Crippen molar-refractivity contribution in [3.63, 3.8) is 0 Å². The molecule has 0 aliphatic heterocycles. The van der Waals surface area contributed by atoms with E-state index in [9.17, 15) is 4.79 Å². The van der Waals surface area contributed by atoms with Gasteiger partial charge in [-0.1, -0.05) is 118 Å². The molecule has 276 valence electrons. The van der Waals surface area contributed by atoms with Gasteiger partial charge < -0.3 is 4.74 Å². The average molecular weight is 665 g/mol. The van der Waals surface area contributed by atoms with Crippen molar-refractivity contribution in [3.05, 3.63) is 24.3 Å². The van der Waals surface area contributed by atoms with Crippen molar-refractivity contribution in [2.45, 2.75) is 202 Å². The van der Waals surface area contributed by atoms with Crippen LogP contribution in [-0.2, 0) is 9.53 Å². The zero-order valence-corrected chi connectivity index (χ0v) is 33.1. The van der Waals surface area contributed by atoms with Gasteiger partial charge >= 0.3 is 5.97 Å². The van der Waals surface area contributed by atoms with Crippen LogP contribution in [0.3, 0.4) is 0 Å². The highest BCUT2D eigenvalue weighted by atomic mass is 16.5. The van der Waals surface area contributed by atoms with Gasteiger partial charge in [-0.05, 0) is 154 Å². The molecule has 48 heavy (non-hydrogen) atoms. The lowest BCUT2D eigenvalue weighted by Gasteiger charge is -2.61. The number of fused-ring (bicyclic) bond motifs is 5. The summed E-state index contributed by atoms with van der Waals surface area (Å²) >= 11 is 0. The molecule has 0 saturated heterocycles. The SMILES string of the molecule is CCCCC/C=C\C/C=C\CCCCCCCC(=O)OC1CC[C@@]2(C)C(CC[C@H]3[C@@H]4CC[C@H]([C@H](C)CC[C@@H](C)C(C)C)[C@@]4(C)CC[C@@H]32)C1. The molecule has 2 heteroatoms. The van der Waals surface area contributed by atoms with Crippen LogP contribution in [0.25, 0.3) is 0 Å². The third-order valence-electron chi connectivity index (χ3n) is 15.2. The fourth-order valence-electron chi connectivity index (χ4n) is 11.7. The fraction of sp³-hybridized carbons (Fsp3) is 0.891. The van der Waals surface area contributed by atoms with Crippen molar-refractivity contribution >= 4 is 5.97 Å². The third kappa shape index (κ3) is 10.5. The highest BCUT2D eigenvalue weighted by Gasteiger charge is 2.60. The molecule has 10 atom stereocenters. The highest BCUT2D eigenvalue weighted by molar-refractivity contribution is 5.69. The van der Waals surface area contributed by atoms with Gasteiger partial charge in [-0.2, -0.15) is 0 Å². The molecule has 0 heterocycles. The van der Waals surface area contributed by atoms with Gasteiger partial charge in [0.15, 0.2) is 0 Å². The van der Waals surface area contributed by atoms with Gasteiger partial charge in [0.05, 0.1) is 0 Å². The predicted octanol–water partition coefficient (Wildman–Crippen LogP) is 14.1. The summed E-state index contributed by atoms with van der Waals surface area (Å²) in [5, 5.41) is 0. The molecule has 0 amide bonds. The molecule has 0 spiro atoms. The maximum atomic E-state index is 12.8. The molecule has 4 aliphatic rings. The van der Waals surface area contributed by atoms with E-state index in [0.29, 0.717) is 17.3 Å². The number of carbonyl (C=O) groups excluding carboxylic acids is 1. The molecule has 0 aromatic carbocycles. The average Bonchev–Trinajstić information content (AvgIpc) is 3.42. The summed E-state index contributed by atoms with van der Waals surface area (Å²) in [4.78, 5) is 12.8. The normalized spacial score (nSPS) is 34.7. The standard InChI is InChI=1S/C46H80O2/c1-8-9-10-11-12-13-14-15-16-17-18-19-20-21-22-23-44(47)48-39-30-32-45(6)38(34-39)26-27-40-42-29-28-41(46(42,7)33-31-43(40)45)37(5)25-24-36(4)35(2)3/h12-13,15-16,35-43H,8-11,14,17-34H2,1-7H3/b13-12-,16-15-/t36-,37-,38?,39?,40+,41-,42+,43+,45+,46-/m1/s1. The Hall–Kier alpha value is -1.05. The quantitative estimate of drug-likeness (QED) is 0.0735. The van der Waals surface area contributed by atoms with Crippen LogP contribution in [0.4, 0.5) is 0 Å². The van der Waals surface area contributed by atoms with Crippen molar-refractivity contribution in [2.24, 2.45) is 58.2 Å². The Balaban J connectivity index is 1.12. The summed E-state index contributed by atoms with van der Waals surface area (Å²) in [7, 11) is 0. The van der Waals surface area contributed by atoms with Crippen LogP contribution in [0.2, 0.25) is 0 Å². The van der Waals surface area contributed by atoms with E-state index in [1.807, 2.05) is 0 Å². The summed E-state index contributed by atoms with van der Waals surface area (Å²) in [6.07, 6.45) is 38.5. The lowest BCUT2D eigenvalue weighted by molar-refractivity contribution is -0.162. The minimum atomic E-state index is 0.0744. The van der Waals surface area contributed by atoms with E-state index < -0.39 is 0 Å². The number of allylic oxidation sites excluding steroid dienone is 4. The lowest BCUT2D eigenvalue weighted by Crippen LogP contribution is -2.54. The van der Waals surface area contributed by atoms with E-state index in [4.69, 9.17) is 4.74 Å². The Morgan fingerprint density at radius 1 is 0.729 bits per heavy atom. The van der Waals surface area contributed by atoms with E-state index >= 15 is 0 Å². The Morgan fingerprint density at radius 3 is 2.12 bits per heavy atom. The van der Waals surface area contributed by atoms with Gasteiger partial charge in [-0.3, -0.25) is 4.79 Å². The first-order valence-corrected chi connectivity index (χ1v) is 21.6. The molecule has 4 fully saturated rings. The topological polar surface area (TPSA) is 26.3 Å². The predicted molar refractivity (Wildman–Crippen MR) is 207 cm³/mol. The molecule has 4 aliphatic carbocycles. The van der Waals surface area contributed by atoms with E-state index in [2.05, 4.69) is 72.8 Å². The largest absolute Gasteiger partial charge is 0.462 e. The molecular weight excluding hydrogens is 585 g/mol. The van der Waals surface area contributed by atoms with Crippen LogP contribution in [0.1, 0.15) is 196 Å². The van der Waals surface area contributed by atoms with Crippen LogP contribution in [0, 0.1) is 58.2 Å². The van der Waals surface area contributed by atoms with Crippen molar-refractivity contribution in [2.75, 3.05) is 0 Å². The summed E-state index contributed by atoms with van der Waals surface area (Å²) in [6, 6.07) is 0. The van der Waals surface area contributed by atoms with Gasteiger partial charge in [-0.25, -0.2) is 0 Å². The van der Waals surface area contributed by atoms with Crippen molar-refractivity contribution in [1.82, 2.24) is 0 Å². The maximum Gasteiger partial charge on any atom is 0.306 e. The first-order valence-electron chi connectivity index (χ1n) is 21.6. The summed E-state index contributed by atoms with van der Waals surface area (Å²) < 4.78 is 6.17. The number of rotatable bonds is 20. The molecule has 0 bridgehead atoms. The minimum Gasteiger partial charge on any atom is -0.462 e. The van der Waals surface area contributed by atoms with Gasteiger partial charge in [0, 0.05) is 6.42 Å².